The van der Waals surface area contributed by atoms with Crippen molar-refractivity contribution < 1.29 is 93.8 Å². The van der Waals surface area contributed by atoms with Gasteiger partial charge < -0.3 is 95.3 Å². The lowest BCUT2D eigenvalue weighted by Gasteiger charge is -2.45. The van der Waals surface area contributed by atoms with Gasteiger partial charge in [-0.15, -0.1) is 16.4 Å². The maximum absolute atomic E-state index is 13.0. The number of hydrogen-bond donors (Lipinski definition) is 12. The fraction of sp³-hybridized carbons (Fsp3) is 0.694. The smallest absolute Gasteiger partial charge is 0.407 e. The number of rotatable bonds is 27. The zero-order valence-corrected chi connectivity index (χ0v) is 34.6. The van der Waals surface area contributed by atoms with Crippen LogP contribution in [0.1, 0.15) is 32.4 Å². The normalized spacial score (nSPS) is 23.8. The summed E-state index contributed by atoms with van der Waals surface area (Å²) >= 11 is 1.47. The van der Waals surface area contributed by atoms with Crippen LogP contribution in [-0.2, 0) is 44.6 Å². The first-order valence-electron chi connectivity index (χ1n) is 19.4. The number of aromatic nitrogens is 4. The first-order chi connectivity index (χ1) is 29.6. The molecule has 1 fully saturated rings. The predicted molar refractivity (Wildman–Crippen MR) is 209 cm³/mol. The number of alkyl carbamates (subject to hydrolysis) is 1. The number of fused-ring (bicyclic) bond motifs is 1. The maximum Gasteiger partial charge on any atom is 0.407 e. The molecule has 13 atom stereocenters. The van der Waals surface area contributed by atoms with Crippen molar-refractivity contribution in [3.8, 4) is 5.69 Å². The third kappa shape index (κ3) is 13.9. The maximum atomic E-state index is 13.0. The Bertz CT molecular complexity index is 1810. The number of carbonyl (C=O) groups is 2. The number of nitrogens with one attached hydrogen (secondary N) is 1. The summed E-state index contributed by atoms with van der Waals surface area (Å²) < 4.78 is 41.6. The highest BCUT2D eigenvalue weighted by atomic mass is 32.1. The van der Waals surface area contributed by atoms with E-state index < -0.39 is 137 Å². The molecule has 25 nitrogen and oxygen atoms in total. The third-order valence-corrected chi connectivity index (χ3v) is 10.3. The Morgan fingerprint density at radius 1 is 1.02 bits per heavy atom. The lowest BCUT2D eigenvalue weighted by Crippen LogP contribution is -2.65. The molecule has 0 bridgehead atoms. The first-order valence-corrected chi connectivity index (χ1v) is 20.3. The Kier molecular flexibility index (Phi) is 20.1. The predicted octanol–water partition coefficient (Wildman–Crippen LogP) is -3.96. The van der Waals surface area contributed by atoms with E-state index in [1.807, 2.05) is 12.1 Å². The minimum atomic E-state index is -2.72. The monoisotopic (exact) mass is 908 g/mol. The summed E-state index contributed by atoms with van der Waals surface area (Å²) in [5.41, 5.74) is 8.80. The summed E-state index contributed by atoms with van der Waals surface area (Å²) in [5, 5.41) is 113. The van der Waals surface area contributed by atoms with Gasteiger partial charge in [0, 0.05) is 19.4 Å². The van der Waals surface area contributed by atoms with Gasteiger partial charge in [-0.25, -0.2) is 19.3 Å². The number of nitrogens with zero attached hydrogens (tertiary/aromatic N) is 4. The van der Waals surface area contributed by atoms with Crippen LogP contribution in [0.25, 0.3) is 15.9 Å². The molecule has 0 spiro atoms. The second-order valence-electron chi connectivity index (χ2n) is 14.3. The van der Waals surface area contributed by atoms with Crippen molar-refractivity contribution >= 4 is 33.6 Å². The molecular formula is C36H56N6O19S. The SMILES string of the molecule is C[C@H](OC(OC(CO[C@]1(C(=O)O)C[C@@H](O)C(NC(=O)OCc2cn(-c3ccc4scnc4c3)nn2)C(C[C@H](O)CO)O1)[C@@H](C)O)[C@@H](O)CO)C(CO)OC(OCCN)[C@@H](O)CO. The molecule has 1 aromatic carbocycles. The molecule has 0 saturated carbocycles. The van der Waals surface area contributed by atoms with Crippen molar-refractivity contribution in [2.24, 2.45) is 5.73 Å². The molecule has 3 aromatic rings. The summed E-state index contributed by atoms with van der Waals surface area (Å²) in [6.07, 6.45) is -18.0. The Balaban J connectivity index is 1.43. The van der Waals surface area contributed by atoms with Gasteiger partial charge in [-0.2, -0.15) is 0 Å². The summed E-state index contributed by atoms with van der Waals surface area (Å²) in [5.74, 6) is -4.50. The molecule has 4 rings (SSSR count). The average Bonchev–Trinajstić information content (AvgIpc) is 3.94. The first kappa shape index (κ1) is 51.0. The number of carbonyl (C=O) groups excluding carboxylic acids is 1. The van der Waals surface area contributed by atoms with Crippen molar-refractivity contribution in [1.29, 1.82) is 0 Å². The third-order valence-electron chi connectivity index (χ3n) is 9.52. The van der Waals surface area contributed by atoms with Crippen molar-refractivity contribution in [2.45, 2.75) is 113 Å². The molecule has 350 valence electrons. The fourth-order valence-corrected chi connectivity index (χ4v) is 6.76. The number of carboxylic acid groups (broad SMARTS) is 1. The Morgan fingerprint density at radius 2 is 1.73 bits per heavy atom. The second kappa shape index (κ2) is 24.4. The zero-order valence-electron chi connectivity index (χ0n) is 33.8. The van der Waals surface area contributed by atoms with E-state index in [0.29, 0.717) is 5.69 Å². The van der Waals surface area contributed by atoms with Gasteiger partial charge in [0.15, 0.2) is 12.6 Å². The molecule has 1 amide bonds. The van der Waals surface area contributed by atoms with E-state index in [-0.39, 0.29) is 25.5 Å². The van der Waals surface area contributed by atoms with E-state index in [1.54, 1.807) is 11.6 Å². The highest BCUT2D eigenvalue weighted by Gasteiger charge is 2.54. The van der Waals surface area contributed by atoms with Gasteiger partial charge >= 0.3 is 12.1 Å². The molecule has 13 N–H and O–H groups in total. The van der Waals surface area contributed by atoms with Crippen molar-refractivity contribution in [1.82, 2.24) is 25.3 Å². The number of benzene rings is 1. The van der Waals surface area contributed by atoms with Crippen LogP contribution in [0.4, 0.5) is 4.79 Å². The molecule has 0 aliphatic carbocycles. The number of thiazole rings is 1. The lowest BCUT2D eigenvalue weighted by molar-refractivity contribution is -0.319. The van der Waals surface area contributed by atoms with Crippen molar-refractivity contribution in [3.63, 3.8) is 0 Å². The van der Waals surface area contributed by atoms with Gasteiger partial charge in [-0.05, 0) is 32.0 Å². The van der Waals surface area contributed by atoms with Crippen LogP contribution in [0, 0.1) is 0 Å². The van der Waals surface area contributed by atoms with E-state index in [4.69, 9.17) is 38.9 Å². The van der Waals surface area contributed by atoms with Gasteiger partial charge in [0.2, 0.25) is 0 Å². The summed E-state index contributed by atoms with van der Waals surface area (Å²) in [7, 11) is 0. The molecule has 26 heteroatoms. The number of aliphatic carboxylic acids is 1. The topological polar surface area (TPSA) is 383 Å². The van der Waals surface area contributed by atoms with E-state index in [1.165, 1.54) is 36.1 Å². The second-order valence-corrected chi connectivity index (χ2v) is 15.2. The Labute approximate surface area is 358 Å². The Morgan fingerprint density at radius 3 is 2.37 bits per heavy atom. The standard InChI is InChI=1S/C36H56N6O19S/c1-18(47)29(60-33(26(51)13-45)58-19(2)28(14-46)59-32(25(50)12-44)55-6-5-37)16-57-36(34(52)53)9-24(49)31(27(61-36)8-22(48)11-43)39-35(54)56-15-20-10-42(41-40-20)21-3-4-30-23(7-21)38-17-62-30/h3-4,7,10,17-19,22,24-29,31-33,43-51H,5-6,8-9,11-16,37H2,1-2H3,(H,39,54)(H,52,53)/t18-,19+,22+,24-,25+,26+,27?,28?,29?,31?,32?,33?,36-/m1/s1. The number of carboxylic acids is 1. The van der Waals surface area contributed by atoms with Crippen LogP contribution in [0.15, 0.2) is 29.9 Å². The molecule has 1 aliphatic rings. The minimum absolute atomic E-state index is 0.0281. The highest BCUT2D eigenvalue weighted by molar-refractivity contribution is 7.16. The summed E-state index contributed by atoms with van der Waals surface area (Å²) in [4.78, 5) is 30.1. The van der Waals surface area contributed by atoms with Gasteiger partial charge in [0.25, 0.3) is 5.79 Å². The summed E-state index contributed by atoms with van der Waals surface area (Å²) in [6.45, 7) is -2.00. The van der Waals surface area contributed by atoms with Crippen molar-refractivity contribution in [2.75, 3.05) is 46.2 Å². The number of hydrogen-bond acceptors (Lipinski definition) is 23. The van der Waals surface area contributed by atoms with E-state index in [9.17, 15) is 60.7 Å². The molecule has 62 heavy (non-hydrogen) atoms. The summed E-state index contributed by atoms with van der Waals surface area (Å²) in [6, 6.07) is 4.05. The largest absolute Gasteiger partial charge is 0.477 e. The van der Waals surface area contributed by atoms with Crippen LogP contribution in [0.2, 0.25) is 0 Å². The molecule has 6 unspecified atom stereocenters. The zero-order chi connectivity index (χ0) is 45.6. The molecule has 1 saturated heterocycles. The highest BCUT2D eigenvalue weighted by Crippen LogP contribution is 2.34. The van der Waals surface area contributed by atoms with Crippen LogP contribution in [0.3, 0.4) is 0 Å². The van der Waals surface area contributed by atoms with E-state index >= 15 is 0 Å². The number of ether oxygens (including phenoxy) is 7. The number of aliphatic hydroxyl groups is 9. The van der Waals surface area contributed by atoms with E-state index in [2.05, 4.69) is 20.6 Å². The fourth-order valence-electron chi connectivity index (χ4n) is 6.10. The molecule has 0 radical (unpaired) electrons. The van der Waals surface area contributed by atoms with Gasteiger partial charge in [0.05, 0.1) is 104 Å². The van der Waals surface area contributed by atoms with Gasteiger partial charge in [-0.3, -0.25) is 0 Å². The quantitative estimate of drug-likeness (QED) is 0.0325. The van der Waals surface area contributed by atoms with Crippen molar-refractivity contribution in [3.05, 3.63) is 35.6 Å². The molecule has 3 heterocycles. The van der Waals surface area contributed by atoms with Crippen LogP contribution in [-0.4, -0.2) is 209 Å². The van der Waals surface area contributed by atoms with E-state index in [0.717, 1.165) is 10.2 Å². The van der Waals surface area contributed by atoms with Crippen LogP contribution < -0.4 is 11.1 Å². The minimum Gasteiger partial charge on any atom is -0.477 e. The number of amides is 1. The average molecular weight is 909 g/mol. The lowest BCUT2D eigenvalue weighted by atomic mass is 9.90. The van der Waals surface area contributed by atoms with Gasteiger partial charge in [0.1, 0.15) is 36.7 Å². The Hall–Kier alpha value is -3.65. The van der Waals surface area contributed by atoms with Gasteiger partial charge in [-0.1, -0.05) is 5.21 Å². The van der Waals surface area contributed by atoms with Crippen LogP contribution >= 0.6 is 11.3 Å². The van der Waals surface area contributed by atoms with Crippen LogP contribution in [0.5, 0.6) is 0 Å². The molecule has 1 aliphatic heterocycles. The number of aliphatic hydroxyl groups excluding tert-OH is 9. The number of nitrogens with two attached hydrogens (primary N) is 1. The molecule has 2 aromatic heterocycles. The molecular weight excluding hydrogens is 852 g/mol.